The highest BCUT2D eigenvalue weighted by Gasteiger charge is 2.31. The molecule has 1 atom stereocenters. The van der Waals surface area contributed by atoms with E-state index in [9.17, 15) is 23.6 Å². The summed E-state index contributed by atoms with van der Waals surface area (Å²) in [5.41, 5.74) is 0.937. The third-order valence-corrected chi connectivity index (χ3v) is 8.10. The van der Waals surface area contributed by atoms with Gasteiger partial charge >= 0.3 is 5.97 Å². The Balaban J connectivity index is 2.08. The fourth-order valence-electron chi connectivity index (χ4n) is 3.94. The lowest BCUT2D eigenvalue weighted by Crippen LogP contribution is -2.19. The molecule has 0 amide bonds. The lowest BCUT2D eigenvalue weighted by molar-refractivity contribution is 0.0600. The number of ether oxygens (including phenoxy) is 1. The van der Waals surface area contributed by atoms with E-state index in [1.165, 1.54) is 43.5 Å². The van der Waals surface area contributed by atoms with E-state index in [0.717, 1.165) is 3.97 Å². The van der Waals surface area contributed by atoms with Crippen LogP contribution in [0.25, 0.3) is 10.9 Å². The summed E-state index contributed by atoms with van der Waals surface area (Å²) < 4.78 is 33.3. The number of fused-ring (bicyclic) bond motifs is 1. The van der Waals surface area contributed by atoms with Crippen molar-refractivity contribution in [1.29, 1.82) is 5.26 Å². The van der Waals surface area contributed by atoms with E-state index in [2.05, 4.69) is 0 Å². The molecule has 1 aromatic heterocycles. The average molecular weight is 529 g/mol. The van der Waals surface area contributed by atoms with Gasteiger partial charge in [-0.05, 0) is 55.0 Å². The van der Waals surface area contributed by atoms with Crippen LogP contribution in [0.3, 0.4) is 0 Å². The zero-order valence-corrected chi connectivity index (χ0v) is 20.8. The minimum atomic E-state index is -4.24. The second-order valence-corrected chi connectivity index (χ2v) is 10.3. The van der Waals surface area contributed by atoms with E-state index in [0.29, 0.717) is 10.9 Å². The van der Waals surface area contributed by atoms with Crippen molar-refractivity contribution in [3.63, 3.8) is 0 Å². The van der Waals surface area contributed by atoms with Gasteiger partial charge in [-0.25, -0.2) is 17.2 Å². The largest absolute Gasteiger partial charge is 0.465 e. The second kappa shape index (κ2) is 9.36. The van der Waals surface area contributed by atoms with E-state index in [-0.39, 0.29) is 42.8 Å². The molecule has 0 aliphatic heterocycles. The highest BCUT2D eigenvalue weighted by Crippen LogP contribution is 2.40. The van der Waals surface area contributed by atoms with Crippen molar-refractivity contribution < 1.29 is 23.1 Å². The highest BCUT2D eigenvalue weighted by atomic mass is 35.5. The molecule has 35 heavy (non-hydrogen) atoms. The number of rotatable bonds is 5. The number of benzene rings is 3. The summed E-state index contributed by atoms with van der Waals surface area (Å²) in [5.74, 6) is -0.743. The van der Waals surface area contributed by atoms with Gasteiger partial charge in [0.25, 0.3) is 10.0 Å². The lowest BCUT2D eigenvalue weighted by atomic mass is 10.0. The minimum absolute atomic E-state index is 0.0218. The van der Waals surface area contributed by atoms with Crippen LogP contribution in [0.15, 0.2) is 65.6 Å². The second-order valence-electron chi connectivity index (χ2n) is 7.71. The van der Waals surface area contributed by atoms with Crippen LogP contribution in [0.2, 0.25) is 10.0 Å². The molecule has 0 radical (unpaired) electrons. The maximum atomic E-state index is 13.8. The first kappa shape index (κ1) is 24.8. The van der Waals surface area contributed by atoms with Crippen LogP contribution in [0.5, 0.6) is 0 Å². The summed E-state index contributed by atoms with van der Waals surface area (Å²) in [4.78, 5) is 12.1. The minimum Gasteiger partial charge on any atom is -0.465 e. The summed E-state index contributed by atoms with van der Waals surface area (Å²) in [6, 6.07) is 17.0. The quantitative estimate of drug-likeness (QED) is 0.355. The van der Waals surface area contributed by atoms with Crippen LogP contribution in [0, 0.1) is 18.3 Å². The molecule has 0 spiro atoms. The van der Waals surface area contributed by atoms with Crippen molar-refractivity contribution in [2.75, 3.05) is 7.11 Å². The van der Waals surface area contributed by atoms with Gasteiger partial charge in [0.05, 0.1) is 45.4 Å². The van der Waals surface area contributed by atoms with E-state index in [4.69, 9.17) is 27.9 Å². The Morgan fingerprint density at radius 1 is 1.11 bits per heavy atom. The first-order valence-electron chi connectivity index (χ1n) is 10.2. The first-order chi connectivity index (χ1) is 16.6. The Morgan fingerprint density at radius 3 is 2.43 bits per heavy atom. The maximum absolute atomic E-state index is 13.8. The molecular formula is C25H18Cl2N2O5S. The van der Waals surface area contributed by atoms with Crippen LogP contribution < -0.4 is 0 Å². The number of methoxy groups -OCH3 is 1. The lowest BCUT2D eigenvalue weighted by Gasteiger charge is -2.19. The fourth-order valence-corrected chi connectivity index (χ4v) is 6.14. The number of nitrogens with zero attached hydrogens (tertiary/aromatic N) is 2. The number of carbonyl (C=O) groups is 1. The van der Waals surface area contributed by atoms with Crippen LogP contribution in [-0.4, -0.2) is 30.6 Å². The van der Waals surface area contributed by atoms with Crippen LogP contribution in [-0.2, 0) is 14.8 Å². The van der Waals surface area contributed by atoms with Gasteiger partial charge in [0.2, 0.25) is 0 Å². The fraction of sp³-hybridized carbons (Fsp3) is 0.120. The standard InChI is InChI=1S/C25H18Cl2N2O5S/c1-14-10-15(13-28)11-20-18(14)12-21(29(20)35(32,33)16-6-4-3-5-7-16)24(30)22-19(26)9-8-17(23(22)27)25(31)34-2/h3-12,24,30H,1-2H3. The molecular weight excluding hydrogens is 511 g/mol. The summed E-state index contributed by atoms with van der Waals surface area (Å²) in [6.07, 6.45) is -1.64. The molecule has 0 bridgehead atoms. The molecule has 1 unspecified atom stereocenters. The van der Waals surface area contributed by atoms with Gasteiger partial charge in [-0.1, -0.05) is 41.4 Å². The van der Waals surface area contributed by atoms with Crippen molar-refractivity contribution in [2.24, 2.45) is 0 Å². The number of aromatic nitrogens is 1. The van der Waals surface area contributed by atoms with Gasteiger partial charge in [0, 0.05) is 16.0 Å². The SMILES string of the molecule is COC(=O)c1ccc(Cl)c(C(O)c2cc3c(C)cc(C#N)cc3n2S(=O)(=O)c2ccccc2)c1Cl. The van der Waals surface area contributed by atoms with E-state index in [1.54, 1.807) is 31.2 Å². The van der Waals surface area contributed by atoms with Gasteiger partial charge in [0.1, 0.15) is 6.10 Å². The third-order valence-electron chi connectivity index (χ3n) is 5.61. The van der Waals surface area contributed by atoms with Crippen LogP contribution >= 0.6 is 23.2 Å². The molecule has 0 saturated heterocycles. The Bertz CT molecular complexity index is 1620. The van der Waals surface area contributed by atoms with Crippen LogP contribution in [0.1, 0.15) is 38.8 Å². The van der Waals surface area contributed by atoms with Gasteiger partial charge in [0.15, 0.2) is 0 Å². The van der Waals surface area contributed by atoms with E-state index in [1.807, 2.05) is 6.07 Å². The predicted molar refractivity (Wildman–Crippen MR) is 132 cm³/mol. The predicted octanol–water partition coefficient (Wildman–Crippen LogP) is 5.23. The van der Waals surface area contributed by atoms with Crippen molar-refractivity contribution >= 4 is 50.1 Å². The normalized spacial score (nSPS) is 12.3. The zero-order chi connectivity index (χ0) is 25.5. The molecule has 178 valence electrons. The number of hydrogen-bond acceptors (Lipinski definition) is 6. The van der Waals surface area contributed by atoms with Gasteiger partial charge in [-0.15, -0.1) is 0 Å². The van der Waals surface area contributed by atoms with Gasteiger partial charge < -0.3 is 9.84 Å². The number of aliphatic hydroxyl groups is 1. The molecule has 0 saturated carbocycles. The van der Waals surface area contributed by atoms with Crippen molar-refractivity contribution in [2.45, 2.75) is 17.9 Å². The molecule has 10 heteroatoms. The van der Waals surface area contributed by atoms with E-state index < -0.39 is 22.1 Å². The number of carbonyl (C=O) groups excluding carboxylic acids is 1. The summed E-state index contributed by atoms with van der Waals surface area (Å²) in [6.45, 7) is 1.73. The average Bonchev–Trinajstić information content (AvgIpc) is 3.25. The molecule has 0 aliphatic carbocycles. The Kier molecular flexibility index (Phi) is 6.62. The monoisotopic (exact) mass is 528 g/mol. The molecule has 0 aliphatic rings. The molecule has 4 aromatic rings. The first-order valence-corrected chi connectivity index (χ1v) is 12.4. The Labute approximate surface area is 211 Å². The summed E-state index contributed by atoms with van der Waals surface area (Å²) in [7, 11) is -3.05. The zero-order valence-electron chi connectivity index (χ0n) is 18.5. The number of aliphatic hydroxyl groups excluding tert-OH is 1. The smallest absolute Gasteiger partial charge is 0.339 e. The number of nitriles is 1. The number of aryl methyl sites for hydroxylation is 1. The molecule has 4 rings (SSSR count). The van der Waals surface area contributed by atoms with E-state index >= 15 is 0 Å². The van der Waals surface area contributed by atoms with Gasteiger partial charge in [-0.3, -0.25) is 0 Å². The molecule has 7 nitrogen and oxygen atoms in total. The molecule has 0 fully saturated rings. The van der Waals surface area contributed by atoms with Crippen molar-refractivity contribution in [3.8, 4) is 6.07 Å². The number of esters is 1. The van der Waals surface area contributed by atoms with Crippen molar-refractivity contribution in [1.82, 2.24) is 3.97 Å². The summed E-state index contributed by atoms with van der Waals surface area (Å²) in [5, 5.41) is 21.3. The molecule has 3 aromatic carbocycles. The van der Waals surface area contributed by atoms with Crippen LogP contribution in [0.4, 0.5) is 0 Å². The Hall–Kier alpha value is -3.35. The number of halogens is 2. The topological polar surface area (TPSA) is 109 Å². The van der Waals surface area contributed by atoms with Crippen molar-refractivity contribution in [3.05, 3.63) is 98.7 Å². The summed E-state index contributed by atoms with van der Waals surface area (Å²) >= 11 is 12.8. The molecule has 1 heterocycles. The third kappa shape index (κ3) is 4.17. The number of hydrogen-bond donors (Lipinski definition) is 1. The highest BCUT2D eigenvalue weighted by molar-refractivity contribution is 7.90. The molecule has 1 N–H and O–H groups in total. The van der Waals surface area contributed by atoms with Gasteiger partial charge in [-0.2, -0.15) is 5.26 Å². The Morgan fingerprint density at radius 2 is 1.80 bits per heavy atom. The maximum Gasteiger partial charge on any atom is 0.339 e.